The van der Waals surface area contributed by atoms with Crippen LogP contribution < -0.4 is 14.4 Å². The monoisotopic (exact) mass is 621 g/mol. The lowest BCUT2D eigenvalue weighted by Gasteiger charge is -2.23. The molecule has 0 bridgehead atoms. The molecule has 0 spiro atoms. The summed E-state index contributed by atoms with van der Waals surface area (Å²) in [7, 11) is 3.10. The highest BCUT2D eigenvalue weighted by Gasteiger charge is 2.36. The SMILES string of the molecule is COc1ncnc(C2CC2)c1-c1cc(N(C)Cc2ccc(-c3nc(C(F)(F)F)cn3C(C)C)cc2)c(OCC(F)(F)F)nn1. The van der Waals surface area contributed by atoms with Gasteiger partial charge in [0.1, 0.15) is 23.5 Å². The molecule has 0 unspecified atom stereocenters. The van der Waals surface area contributed by atoms with Crippen LogP contribution in [0.1, 0.15) is 55.6 Å². The van der Waals surface area contributed by atoms with Gasteiger partial charge in [0, 0.05) is 37.3 Å². The molecule has 9 nitrogen and oxygen atoms in total. The van der Waals surface area contributed by atoms with E-state index in [1.807, 2.05) is 0 Å². The van der Waals surface area contributed by atoms with E-state index < -0.39 is 24.7 Å². The van der Waals surface area contributed by atoms with E-state index in [1.54, 1.807) is 56.1 Å². The first kappa shape index (κ1) is 31.0. The zero-order chi connectivity index (χ0) is 31.8. The molecule has 0 aliphatic heterocycles. The second-order valence-corrected chi connectivity index (χ2v) is 10.7. The van der Waals surface area contributed by atoms with Gasteiger partial charge in [-0.1, -0.05) is 24.3 Å². The smallest absolute Gasteiger partial charge is 0.434 e. The lowest BCUT2D eigenvalue weighted by Crippen LogP contribution is -2.23. The number of aromatic nitrogens is 6. The van der Waals surface area contributed by atoms with Gasteiger partial charge in [-0.25, -0.2) is 15.0 Å². The Morgan fingerprint density at radius 3 is 2.30 bits per heavy atom. The fourth-order valence-corrected chi connectivity index (χ4v) is 4.72. The molecule has 1 fully saturated rings. The number of anilines is 1. The van der Waals surface area contributed by atoms with Crippen LogP contribution in [0.3, 0.4) is 0 Å². The highest BCUT2D eigenvalue weighted by atomic mass is 19.4. The molecule has 44 heavy (non-hydrogen) atoms. The van der Waals surface area contributed by atoms with E-state index in [1.165, 1.54) is 18.0 Å². The van der Waals surface area contributed by atoms with Crippen molar-refractivity contribution in [2.75, 3.05) is 25.7 Å². The van der Waals surface area contributed by atoms with Crippen LogP contribution in [0.4, 0.5) is 32.0 Å². The number of benzene rings is 1. The average Bonchev–Trinajstić information content (AvgIpc) is 3.71. The van der Waals surface area contributed by atoms with Crippen LogP contribution in [0.2, 0.25) is 0 Å². The summed E-state index contributed by atoms with van der Waals surface area (Å²) in [5, 5.41) is 8.14. The topological polar surface area (TPSA) is 91.1 Å². The van der Waals surface area contributed by atoms with Gasteiger partial charge in [0.05, 0.1) is 18.4 Å². The van der Waals surface area contributed by atoms with Gasteiger partial charge in [-0.3, -0.25) is 0 Å². The van der Waals surface area contributed by atoms with Gasteiger partial charge >= 0.3 is 12.4 Å². The predicted octanol–water partition coefficient (Wildman–Crippen LogP) is 6.86. The first-order chi connectivity index (χ1) is 20.7. The molecule has 1 saturated carbocycles. The summed E-state index contributed by atoms with van der Waals surface area (Å²) in [5.41, 5.74) is 1.96. The number of rotatable bonds is 10. The van der Waals surface area contributed by atoms with Crippen molar-refractivity contribution in [3.8, 4) is 34.4 Å². The largest absolute Gasteiger partial charge is 0.480 e. The van der Waals surface area contributed by atoms with Crippen LogP contribution in [0, 0.1) is 0 Å². The van der Waals surface area contributed by atoms with Gasteiger partial charge in [-0.2, -0.15) is 26.3 Å². The van der Waals surface area contributed by atoms with Crippen molar-refractivity contribution >= 4 is 5.69 Å². The molecule has 1 aromatic carbocycles. The normalized spacial score (nSPS) is 13.8. The Balaban J connectivity index is 1.47. The Kier molecular flexibility index (Phi) is 8.40. The third-order valence-corrected chi connectivity index (χ3v) is 6.99. The van der Waals surface area contributed by atoms with E-state index >= 15 is 0 Å². The highest BCUT2D eigenvalue weighted by Crippen LogP contribution is 2.46. The first-order valence-corrected chi connectivity index (χ1v) is 13.7. The number of halogens is 6. The molecule has 3 aromatic heterocycles. The lowest BCUT2D eigenvalue weighted by molar-refractivity contribution is -0.154. The van der Waals surface area contributed by atoms with Crippen LogP contribution in [-0.4, -0.2) is 56.7 Å². The molecule has 0 atom stereocenters. The molecule has 0 saturated heterocycles. The standard InChI is InChI=1S/C29H29F6N7O2/c1-16(2)42-13-22(29(33,34)35)38-25(42)19-7-5-17(6-8-19)12-41(3)21-11-20(39-40-26(21)44-14-28(30,31)32)23-24(18-9-10-18)36-15-37-27(23)43-4/h5-8,11,13,15-16,18H,9-10,12,14H2,1-4H3. The van der Waals surface area contributed by atoms with Gasteiger partial charge in [0.2, 0.25) is 5.88 Å². The van der Waals surface area contributed by atoms with E-state index in [0.717, 1.165) is 24.6 Å². The summed E-state index contributed by atoms with van der Waals surface area (Å²) < 4.78 is 91.1. The van der Waals surface area contributed by atoms with Gasteiger partial charge in [-0.15, -0.1) is 10.2 Å². The van der Waals surface area contributed by atoms with Crippen molar-refractivity contribution in [3.63, 3.8) is 0 Å². The highest BCUT2D eigenvalue weighted by molar-refractivity contribution is 5.73. The van der Waals surface area contributed by atoms with Crippen molar-refractivity contribution in [2.24, 2.45) is 0 Å². The van der Waals surface area contributed by atoms with Crippen LogP contribution >= 0.6 is 0 Å². The minimum absolute atomic E-state index is 0.170. The minimum atomic E-state index is -4.60. The molecule has 1 aliphatic rings. The second-order valence-electron chi connectivity index (χ2n) is 10.7. The van der Waals surface area contributed by atoms with Crippen LogP contribution in [0.25, 0.3) is 22.6 Å². The number of alkyl halides is 6. The summed E-state index contributed by atoms with van der Waals surface area (Å²) in [4.78, 5) is 14.0. The second kappa shape index (κ2) is 11.9. The molecule has 15 heteroatoms. The summed E-state index contributed by atoms with van der Waals surface area (Å²) in [5.74, 6) is 0.289. The van der Waals surface area contributed by atoms with E-state index in [9.17, 15) is 26.3 Å². The van der Waals surface area contributed by atoms with Gasteiger partial charge in [0.15, 0.2) is 12.3 Å². The molecule has 4 aromatic rings. The summed E-state index contributed by atoms with van der Waals surface area (Å²) >= 11 is 0. The van der Waals surface area contributed by atoms with Crippen LogP contribution in [0.15, 0.2) is 42.9 Å². The Hall–Kier alpha value is -4.43. The van der Waals surface area contributed by atoms with Crippen molar-refractivity contribution in [3.05, 3.63) is 59.8 Å². The average molecular weight is 622 g/mol. The molecule has 1 aliphatic carbocycles. The number of hydrogen-bond donors (Lipinski definition) is 0. The molecule has 5 rings (SSSR count). The Morgan fingerprint density at radius 1 is 1.00 bits per heavy atom. The van der Waals surface area contributed by atoms with Crippen LogP contribution in [-0.2, 0) is 12.7 Å². The maximum Gasteiger partial charge on any atom is 0.434 e. The number of hydrogen-bond acceptors (Lipinski definition) is 8. The molecular weight excluding hydrogens is 592 g/mol. The predicted molar refractivity (Wildman–Crippen MR) is 148 cm³/mol. The van der Waals surface area contributed by atoms with E-state index in [-0.39, 0.29) is 41.8 Å². The molecule has 0 radical (unpaired) electrons. The minimum Gasteiger partial charge on any atom is -0.480 e. The zero-order valence-corrected chi connectivity index (χ0v) is 24.2. The molecule has 0 N–H and O–H groups in total. The number of nitrogens with zero attached hydrogens (tertiary/aromatic N) is 7. The summed E-state index contributed by atoms with van der Waals surface area (Å²) in [6.45, 7) is 2.14. The van der Waals surface area contributed by atoms with E-state index in [4.69, 9.17) is 9.47 Å². The van der Waals surface area contributed by atoms with E-state index in [0.29, 0.717) is 22.5 Å². The van der Waals surface area contributed by atoms with Gasteiger partial charge in [-0.05, 0) is 38.3 Å². The molecule has 0 amide bonds. The number of methoxy groups -OCH3 is 1. The quantitative estimate of drug-likeness (QED) is 0.178. The van der Waals surface area contributed by atoms with Gasteiger partial charge < -0.3 is 18.9 Å². The summed E-state index contributed by atoms with van der Waals surface area (Å²) in [6, 6.07) is 8.01. The number of imidazole rings is 1. The zero-order valence-electron chi connectivity index (χ0n) is 24.2. The number of ether oxygens (including phenoxy) is 2. The maximum absolute atomic E-state index is 13.3. The van der Waals surface area contributed by atoms with Crippen molar-refractivity contribution < 1.29 is 35.8 Å². The first-order valence-electron chi connectivity index (χ1n) is 13.7. The van der Waals surface area contributed by atoms with Crippen molar-refractivity contribution in [2.45, 2.75) is 57.5 Å². The van der Waals surface area contributed by atoms with Crippen molar-refractivity contribution in [1.82, 2.24) is 29.7 Å². The Labute approximate surface area is 248 Å². The fraction of sp³-hybridized carbons (Fsp3) is 0.414. The maximum atomic E-state index is 13.3. The molecule has 234 valence electrons. The summed E-state index contributed by atoms with van der Waals surface area (Å²) in [6.07, 6.45) is -4.97. The van der Waals surface area contributed by atoms with E-state index in [2.05, 4.69) is 25.1 Å². The molecular formula is C29H29F6N7O2. The Morgan fingerprint density at radius 2 is 1.70 bits per heavy atom. The third-order valence-electron chi connectivity index (χ3n) is 6.99. The molecule has 3 heterocycles. The van der Waals surface area contributed by atoms with Crippen molar-refractivity contribution in [1.29, 1.82) is 0 Å². The third kappa shape index (κ3) is 6.86. The van der Waals surface area contributed by atoms with Gasteiger partial charge in [0.25, 0.3) is 5.88 Å². The Bertz CT molecular complexity index is 1620. The fourth-order valence-electron chi connectivity index (χ4n) is 4.72. The van der Waals surface area contributed by atoms with Crippen LogP contribution in [0.5, 0.6) is 11.8 Å². The lowest BCUT2D eigenvalue weighted by atomic mass is 10.1.